The van der Waals surface area contributed by atoms with Crippen molar-refractivity contribution in [2.24, 2.45) is 5.92 Å². The molecular formula is C13H13NO3. The van der Waals surface area contributed by atoms with Crippen LogP contribution >= 0.6 is 0 Å². The van der Waals surface area contributed by atoms with Crippen LogP contribution in [0.5, 0.6) is 5.75 Å². The Morgan fingerprint density at radius 1 is 1.59 bits per heavy atom. The molecule has 0 aromatic heterocycles. The molecular weight excluding hydrogens is 218 g/mol. The van der Waals surface area contributed by atoms with Gasteiger partial charge in [-0.2, -0.15) is 0 Å². The van der Waals surface area contributed by atoms with Crippen LogP contribution in [0.1, 0.15) is 18.9 Å². The number of fused-ring (bicyclic) bond motifs is 2. The van der Waals surface area contributed by atoms with Crippen molar-refractivity contribution in [2.75, 3.05) is 6.61 Å². The molecule has 1 saturated carbocycles. The first kappa shape index (κ1) is 10.3. The van der Waals surface area contributed by atoms with Crippen molar-refractivity contribution >= 4 is 11.7 Å². The van der Waals surface area contributed by atoms with Crippen LogP contribution in [0.3, 0.4) is 0 Å². The van der Waals surface area contributed by atoms with Crippen LogP contribution in [0.25, 0.3) is 0 Å². The zero-order chi connectivity index (χ0) is 12.0. The molecule has 0 amide bonds. The lowest BCUT2D eigenvalue weighted by atomic mass is 10.00. The van der Waals surface area contributed by atoms with Crippen LogP contribution < -0.4 is 4.74 Å². The number of rotatable bonds is 2. The maximum Gasteiger partial charge on any atom is 0.351 e. The van der Waals surface area contributed by atoms with Crippen molar-refractivity contribution in [3.8, 4) is 5.75 Å². The monoisotopic (exact) mass is 231 g/mol. The van der Waals surface area contributed by atoms with E-state index in [-0.39, 0.29) is 11.9 Å². The van der Waals surface area contributed by atoms with Crippen molar-refractivity contribution in [1.29, 1.82) is 5.41 Å². The van der Waals surface area contributed by atoms with Gasteiger partial charge < -0.3 is 14.9 Å². The molecule has 1 fully saturated rings. The van der Waals surface area contributed by atoms with Gasteiger partial charge in [-0.25, -0.2) is 4.79 Å². The Bertz CT molecular complexity index is 511. The lowest BCUT2D eigenvalue weighted by Gasteiger charge is -2.24. The van der Waals surface area contributed by atoms with Crippen molar-refractivity contribution in [2.45, 2.75) is 18.9 Å². The summed E-state index contributed by atoms with van der Waals surface area (Å²) in [5, 5.41) is 8.08. The van der Waals surface area contributed by atoms with Gasteiger partial charge in [-0.05, 0) is 19.1 Å². The highest BCUT2D eigenvalue weighted by atomic mass is 16.6. The first-order chi connectivity index (χ1) is 8.19. The minimum atomic E-state index is -0.915. The summed E-state index contributed by atoms with van der Waals surface area (Å²) >= 11 is 0. The standard InChI is InChI=1S/C13H13NO3/c1-2-16-12(15)13-7-9(13)11(14)8-5-3-4-6-10(8)17-13/h3-6,9,14H,2,7H2,1H3. The van der Waals surface area contributed by atoms with Crippen LogP contribution in [-0.2, 0) is 9.53 Å². The number of nitrogens with one attached hydrogen (secondary N) is 1. The van der Waals surface area contributed by atoms with E-state index in [1.54, 1.807) is 13.0 Å². The van der Waals surface area contributed by atoms with E-state index in [9.17, 15) is 4.79 Å². The molecule has 1 N–H and O–H groups in total. The lowest BCUT2D eigenvalue weighted by Crippen LogP contribution is -2.38. The summed E-state index contributed by atoms with van der Waals surface area (Å²) in [5.74, 6) is 0.125. The fraction of sp³-hybridized carbons (Fsp3) is 0.385. The molecule has 1 aliphatic carbocycles. The average molecular weight is 231 g/mol. The molecule has 1 aromatic rings. The van der Waals surface area contributed by atoms with Crippen LogP contribution in [0.4, 0.5) is 0 Å². The normalized spacial score (nSPS) is 28.8. The smallest absolute Gasteiger partial charge is 0.351 e. The van der Waals surface area contributed by atoms with E-state index in [0.717, 1.165) is 5.56 Å². The number of para-hydroxylation sites is 1. The SMILES string of the molecule is CCOC(=O)C12CC1C(=N)c1ccccc1O2. The molecule has 0 radical (unpaired) electrons. The van der Waals surface area contributed by atoms with Crippen molar-refractivity contribution in [1.82, 2.24) is 0 Å². The Morgan fingerprint density at radius 3 is 3.12 bits per heavy atom. The van der Waals surface area contributed by atoms with Crippen molar-refractivity contribution in [3.05, 3.63) is 29.8 Å². The van der Waals surface area contributed by atoms with Gasteiger partial charge in [-0.3, -0.25) is 0 Å². The van der Waals surface area contributed by atoms with Crippen LogP contribution in [-0.4, -0.2) is 23.9 Å². The topological polar surface area (TPSA) is 59.4 Å². The maximum atomic E-state index is 11.9. The Balaban J connectivity index is 1.97. The number of carbonyl (C=O) groups is 1. The highest BCUT2D eigenvalue weighted by molar-refractivity contribution is 6.10. The molecule has 0 bridgehead atoms. The molecule has 1 heterocycles. The van der Waals surface area contributed by atoms with Crippen LogP contribution in [0.15, 0.2) is 24.3 Å². The van der Waals surface area contributed by atoms with Gasteiger partial charge in [-0.15, -0.1) is 0 Å². The molecule has 0 spiro atoms. The summed E-state index contributed by atoms with van der Waals surface area (Å²) in [6.45, 7) is 2.11. The molecule has 1 aliphatic heterocycles. The Labute approximate surface area is 99.0 Å². The van der Waals surface area contributed by atoms with E-state index in [0.29, 0.717) is 24.5 Å². The van der Waals surface area contributed by atoms with Gasteiger partial charge >= 0.3 is 5.97 Å². The summed E-state index contributed by atoms with van der Waals surface area (Å²) < 4.78 is 10.8. The largest absolute Gasteiger partial charge is 0.474 e. The van der Waals surface area contributed by atoms with Crippen molar-refractivity contribution < 1.29 is 14.3 Å². The fourth-order valence-corrected chi connectivity index (χ4v) is 2.37. The van der Waals surface area contributed by atoms with Gasteiger partial charge in [0.05, 0.1) is 18.2 Å². The summed E-state index contributed by atoms with van der Waals surface area (Å²) in [6.07, 6.45) is 0.555. The third-order valence-electron chi connectivity index (χ3n) is 3.35. The van der Waals surface area contributed by atoms with Gasteiger partial charge in [0.1, 0.15) is 5.75 Å². The molecule has 0 saturated heterocycles. The number of ether oxygens (including phenoxy) is 2. The molecule has 88 valence electrons. The Hall–Kier alpha value is -1.84. The second-order valence-corrected chi connectivity index (χ2v) is 4.38. The highest BCUT2D eigenvalue weighted by Gasteiger charge is 2.68. The molecule has 4 heteroatoms. The fourth-order valence-electron chi connectivity index (χ4n) is 2.37. The van der Waals surface area contributed by atoms with E-state index in [4.69, 9.17) is 14.9 Å². The third-order valence-corrected chi connectivity index (χ3v) is 3.35. The zero-order valence-corrected chi connectivity index (χ0v) is 9.53. The summed E-state index contributed by atoms with van der Waals surface area (Å²) in [5.41, 5.74) is 0.358. The zero-order valence-electron chi connectivity index (χ0n) is 9.53. The highest BCUT2D eigenvalue weighted by Crippen LogP contribution is 2.54. The maximum absolute atomic E-state index is 11.9. The number of hydrogen-bond donors (Lipinski definition) is 1. The molecule has 4 nitrogen and oxygen atoms in total. The van der Waals surface area contributed by atoms with E-state index in [1.807, 2.05) is 18.2 Å². The average Bonchev–Trinajstić information content (AvgIpc) is 3.06. The summed E-state index contributed by atoms with van der Waals surface area (Å²) in [7, 11) is 0. The number of esters is 1. The van der Waals surface area contributed by atoms with E-state index < -0.39 is 5.60 Å². The van der Waals surface area contributed by atoms with Gasteiger partial charge in [0, 0.05) is 12.0 Å². The summed E-state index contributed by atoms with van der Waals surface area (Å²) in [6, 6.07) is 7.36. The predicted molar refractivity (Wildman–Crippen MR) is 61.4 cm³/mol. The number of benzene rings is 1. The summed E-state index contributed by atoms with van der Waals surface area (Å²) in [4.78, 5) is 11.9. The molecule has 2 unspecified atom stereocenters. The van der Waals surface area contributed by atoms with Crippen molar-refractivity contribution in [3.63, 3.8) is 0 Å². The van der Waals surface area contributed by atoms with Gasteiger partial charge in [0.25, 0.3) is 0 Å². The first-order valence-electron chi connectivity index (χ1n) is 5.73. The first-order valence-corrected chi connectivity index (χ1v) is 5.73. The molecule has 1 aromatic carbocycles. The molecule has 17 heavy (non-hydrogen) atoms. The molecule has 2 aliphatic rings. The van der Waals surface area contributed by atoms with Gasteiger partial charge in [-0.1, -0.05) is 12.1 Å². The predicted octanol–water partition coefficient (Wildman–Crippen LogP) is 1.77. The van der Waals surface area contributed by atoms with E-state index in [2.05, 4.69) is 0 Å². The third kappa shape index (κ3) is 1.30. The molecule has 2 atom stereocenters. The minimum absolute atomic E-state index is 0.142. The number of hydrogen-bond acceptors (Lipinski definition) is 4. The Morgan fingerprint density at radius 2 is 2.35 bits per heavy atom. The lowest BCUT2D eigenvalue weighted by molar-refractivity contribution is -0.154. The van der Waals surface area contributed by atoms with Crippen LogP contribution in [0, 0.1) is 11.3 Å². The van der Waals surface area contributed by atoms with Gasteiger partial charge in [0.2, 0.25) is 5.60 Å². The second kappa shape index (κ2) is 3.32. The quantitative estimate of drug-likeness (QED) is 0.789. The minimum Gasteiger partial charge on any atom is -0.474 e. The van der Waals surface area contributed by atoms with E-state index >= 15 is 0 Å². The second-order valence-electron chi connectivity index (χ2n) is 4.38. The van der Waals surface area contributed by atoms with E-state index in [1.165, 1.54) is 0 Å². The Kier molecular flexibility index (Phi) is 2.02. The van der Waals surface area contributed by atoms with Crippen LogP contribution in [0.2, 0.25) is 0 Å². The molecule has 3 rings (SSSR count). The van der Waals surface area contributed by atoms with Gasteiger partial charge in [0.15, 0.2) is 0 Å². The number of carbonyl (C=O) groups excluding carboxylic acids is 1.